The van der Waals surface area contributed by atoms with Gasteiger partial charge in [0, 0.05) is 22.9 Å². The fraction of sp³-hybridized carbons (Fsp3) is 0.310. The Balaban J connectivity index is 1.25. The summed E-state index contributed by atoms with van der Waals surface area (Å²) in [6.07, 6.45) is 5.80. The first-order valence-electron chi connectivity index (χ1n) is 12.8. The SMILES string of the molecule is CCN1CCC(COc2cnc(-c3cccc(Cn4nc(-c5cccc(N)c5)ccc4=O)c3)nc2)CC1. The quantitative estimate of drug-likeness (QED) is 0.367. The van der Waals surface area contributed by atoms with Crippen molar-refractivity contribution in [3.05, 3.63) is 89.0 Å². The van der Waals surface area contributed by atoms with E-state index in [1.54, 1.807) is 18.5 Å². The number of aromatic nitrogens is 4. The summed E-state index contributed by atoms with van der Waals surface area (Å²) < 4.78 is 7.44. The second kappa shape index (κ2) is 11.3. The van der Waals surface area contributed by atoms with Crippen LogP contribution in [-0.4, -0.2) is 50.9 Å². The van der Waals surface area contributed by atoms with Crippen LogP contribution in [0.3, 0.4) is 0 Å². The molecule has 2 aromatic carbocycles. The number of piperidine rings is 1. The van der Waals surface area contributed by atoms with Gasteiger partial charge in [-0.1, -0.05) is 37.3 Å². The van der Waals surface area contributed by atoms with E-state index in [4.69, 9.17) is 10.5 Å². The van der Waals surface area contributed by atoms with Crippen molar-refractivity contribution in [1.82, 2.24) is 24.6 Å². The van der Waals surface area contributed by atoms with Crippen LogP contribution in [0.5, 0.6) is 5.75 Å². The van der Waals surface area contributed by atoms with Gasteiger partial charge < -0.3 is 15.4 Å². The minimum absolute atomic E-state index is 0.170. The van der Waals surface area contributed by atoms with Crippen LogP contribution in [0.25, 0.3) is 22.6 Å². The summed E-state index contributed by atoms with van der Waals surface area (Å²) in [6, 6.07) is 18.6. The zero-order valence-electron chi connectivity index (χ0n) is 21.1. The van der Waals surface area contributed by atoms with E-state index in [0.29, 0.717) is 42.0 Å². The third-order valence-electron chi connectivity index (χ3n) is 6.83. The highest BCUT2D eigenvalue weighted by Crippen LogP contribution is 2.22. The molecule has 0 unspecified atom stereocenters. The van der Waals surface area contributed by atoms with Gasteiger partial charge in [0.15, 0.2) is 11.6 Å². The van der Waals surface area contributed by atoms with Crippen LogP contribution in [0.15, 0.2) is 77.9 Å². The van der Waals surface area contributed by atoms with Crippen molar-refractivity contribution >= 4 is 5.69 Å². The molecule has 2 N–H and O–H groups in total. The van der Waals surface area contributed by atoms with Crippen LogP contribution in [0, 0.1) is 5.92 Å². The van der Waals surface area contributed by atoms with E-state index in [-0.39, 0.29) is 5.56 Å². The molecule has 0 bridgehead atoms. The average molecular weight is 497 g/mol. The molecular formula is C29H32N6O2. The van der Waals surface area contributed by atoms with Crippen LogP contribution in [0.1, 0.15) is 25.3 Å². The monoisotopic (exact) mass is 496 g/mol. The van der Waals surface area contributed by atoms with E-state index in [1.165, 1.54) is 23.6 Å². The normalized spacial score (nSPS) is 14.5. The highest BCUT2D eigenvalue weighted by Gasteiger charge is 2.18. The molecule has 37 heavy (non-hydrogen) atoms. The minimum Gasteiger partial charge on any atom is -0.490 e. The van der Waals surface area contributed by atoms with Crippen molar-refractivity contribution in [3.8, 4) is 28.4 Å². The van der Waals surface area contributed by atoms with Crippen molar-refractivity contribution in [2.24, 2.45) is 5.92 Å². The number of ether oxygens (including phenoxy) is 1. The molecule has 4 aromatic rings. The van der Waals surface area contributed by atoms with E-state index < -0.39 is 0 Å². The van der Waals surface area contributed by atoms with Crippen molar-refractivity contribution in [2.45, 2.75) is 26.3 Å². The first kappa shape index (κ1) is 24.6. The molecule has 1 aliphatic rings. The standard InChI is InChI=1S/C29H32N6O2/c1-2-34-13-11-21(12-14-34)20-37-26-17-31-29(32-18-26)24-7-3-5-22(15-24)19-35-28(36)10-9-27(33-35)23-6-4-8-25(30)16-23/h3-10,15-18,21H,2,11-14,19-20,30H2,1H3. The fourth-order valence-corrected chi connectivity index (χ4v) is 4.62. The number of nitrogens with zero attached hydrogens (tertiary/aromatic N) is 5. The van der Waals surface area contributed by atoms with Crippen molar-refractivity contribution < 1.29 is 4.74 Å². The molecule has 0 spiro atoms. The molecule has 1 saturated heterocycles. The first-order chi connectivity index (χ1) is 18.1. The molecule has 5 rings (SSSR count). The summed E-state index contributed by atoms with van der Waals surface area (Å²) in [5.41, 5.74) is 9.75. The summed E-state index contributed by atoms with van der Waals surface area (Å²) in [6.45, 7) is 6.65. The molecule has 1 fully saturated rings. The van der Waals surface area contributed by atoms with Gasteiger partial charge in [0.05, 0.1) is 31.2 Å². The van der Waals surface area contributed by atoms with Gasteiger partial charge in [-0.15, -0.1) is 0 Å². The Morgan fingerprint density at radius 2 is 1.73 bits per heavy atom. The fourth-order valence-electron chi connectivity index (χ4n) is 4.62. The number of nitrogens with two attached hydrogens (primary N) is 1. The maximum absolute atomic E-state index is 12.5. The zero-order valence-corrected chi connectivity index (χ0v) is 21.1. The van der Waals surface area contributed by atoms with Gasteiger partial charge in [-0.3, -0.25) is 4.79 Å². The maximum Gasteiger partial charge on any atom is 0.267 e. The molecule has 190 valence electrons. The van der Waals surface area contributed by atoms with Crippen LogP contribution >= 0.6 is 0 Å². The van der Waals surface area contributed by atoms with E-state index in [1.807, 2.05) is 48.5 Å². The second-order valence-corrected chi connectivity index (χ2v) is 9.47. The molecule has 3 heterocycles. The maximum atomic E-state index is 12.5. The van der Waals surface area contributed by atoms with Gasteiger partial charge in [0.25, 0.3) is 5.56 Å². The molecular weight excluding hydrogens is 464 g/mol. The summed E-state index contributed by atoms with van der Waals surface area (Å²) >= 11 is 0. The zero-order chi connectivity index (χ0) is 25.6. The van der Waals surface area contributed by atoms with Crippen molar-refractivity contribution in [1.29, 1.82) is 0 Å². The van der Waals surface area contributed by atoms with Gasteiger partial charge >= 0.3 is 0 Å². The average Bonchev–Trinajstić information content (AvgIpc) is 2.94. The first-order valence-corrected chi connectivity index (χ1v) is 12.8. The van der Waals surface area contributed by atoms with Crippen molar-refractivity contribution in [2.75, 3.05) is 32.0 Å². The van der Waals surface area contributed by atoms with E-state index in [0.717, 1.165) is 36.3 Å². The number of rotatable bonds is 8. The van der Waals surface area contributed by atoms with Crippen LogP contribution in [0.2, 0.25) is 0 Å². The molecule has 8 nitrogen and oxygen atoms in total. The summed E-state index contributed by atoms with van der Waals surface area (Å²) in [5, 5.41) is 4.56. The Kier molecular flexibility index (Phi) is 7.56. The molecule has 0 aliphatic carbocycles. The Morgan fingerprint density at radius 1 is 0.973 bits per heavy atom. The predicted molar refractivity (Wildman–Crippen MR) is 145 cm³/mol. The predicted octanol–water partition coefficient (Wildman–Crippen LogP) is 4.11. The van der Waals surface area contributed by atoms with E-state index in [9.17, 15) is 4.79 Å². The van der Waals surface area contributed by atoms with E-state index >= 15 is 0 Å². The molecule has 0 atom stereocenters. The molecule has 0 radical (unpaired) electrons. The number of hydrogen-bond acceptors (Lipinski definition) is 7. The lowest BCUT2D eigenvalue weighted by molar-refractivity contribution is 0.145. The third kappa shape index (κ3) is 6.21. The van der Waals surface area contributed by atoms with Gasteiger partial charge in [0.1, 0.15) is 0 Å². The number of nitrogen functional groups attached to an aromatic ring is 1. The Bertz CT molecular complexity index is 1390. The van der Waals surface area contributed by atoms with Crippen LogP contribution in [-0.2, 0) is 6.54 Å². The Morgan fingerprint density at radius 3 is 2.49 bits per heavy atom. The molecule has 2 aromatic heterocycles. The topological polar surface area (TPSA) is 99.2 Å². The largest absolute Gasteiger partial charge is 0.490 e. The molecule has 1 aliphatic heterocycles. The minimum atomic E-state index is -0.170. The van der Waals surface area contributed by atoms with E-state index in [2.05, 4.69) is 26.9 Å². The number of likely N-dealkylation sites (tertiary alicyclic amines) is 1. The third-order valence-corrected chi connectivity index (χ3v) is 6.83. The highest BCUT2D eigenvalue weighted by atomic mass is 16.5. The number of anilines is 1. The lowest BCUT2D eigenvalue weighted by Crippen LogP contribution is -2.35. The van der Waals surface area contributed by atoms with Crippen molar-refractivity contribution in [3.63, 3.8) is 0 Å². The lowest BCUT2D eigenvalue weighted by atomic mass is 9.98. The highest BCUT2D eigenvalue weighted by molar-refractivity contribution is 5.63. The van der Waals surface area contributed by atoms with Gasteiger partial charge in [-0.25, -0.2) is 14.6 Å². The lowest BCUT2D eigenvalue weighted by Gasteiger charge is -2.30. The second-order valence-electron chi connectivity index (χ2n) is 9.47. The smallest absolute Gasteiger partial charge is 0.267 e. The van der Waals surface area contributed by atoms with Crippen LogP contribution < -0.4 is 16.0 Å². The summed E-state index contributed by atoms with van der Waals surface area (Å²) in [4.78, 5) is 24.0. The van der Waals surface area contributed by atoms with Gasteiger partial charge in [-0.2, -0.15) is 5.10 Å². The van der Waals surface area contributed by atoms with Crippen LogP contribution in [0.4, 0.5) is 5.69 Å². The number of hydrogen-bond donors (Lipinski definition) is 1. The number of benzene rings is 2. The summed E-state index contributed by atoms with van der Waals surface area (Å²) in [7, 11) is 0. The van der Waals surface area contributed by atoms with Gasteiger partial charge in [-0.05, 0) is 68.2 Å². The molecule has 0 saturated carbocycles. The summed E-state index contributed by atoms with van der Waals surface area (Å²) in [5.74, 6) is 1.88. The Labute approximate surface area is 216 Å². The van der Waals surface area contributed by atoms with Gasteiger partial charge in [0.2, 0.25) is 0 Å². The molecule has 8 heteroatoms. The Hall–Kier alpha value is -4.04. The molecule has 0 amide bonds.